The number of anilines is 1. The third-order valence-electron chi connectivity index (χ3n) is 3.80. The fourth-order valence-electron chi connectivity index (χ4n) is 2.69. The van der Waals surface area contributed by atoms with Gasteiger partial charge in [-0.25, -0.2) is 8.78 Å². The number of carbonyl (C=O) groups excluding carboxylic acids is 1. The maximum Gasteiger partial charge on any atom is 0.272 e. The molecule has 0 aromatic heterocycles. The smallest absolute Gasteiger partial charge is 0.272 e. The molecule has 7 heteroatoms. The van der Waals surface area contributed by atoms with Crippen LogP contribution in [-0.2, 0) is 4.79 Å². The summed E-state index contributed by atoms with van der Waals surface area (Å²) in [4.78, 5) is 12.2. The van der Waals surface area contributed by atoms with E-state index in [4.69, 9.17) is 10.5 Å². The summed E-state index contributed by atoms with van der Waals surface area (Å²) in [7, 11) is 0. The molecular formula is C15H21ClF2N2O2. The Balaban J connectivity index is 0.00000242. The van der Waals surface area contributed by atoms with E-state index in [0.29, 0.717) is 18.0 Å². The van der Waals surface area contributed by atoms with E-state index >= 15 is 0 Å². The van der Waals surface area contributed by atoms with E-state index in [1.54, 1.807) is 24.3 Å². The molecule has 1 saturated carbocycles. The first-order chi connectivity index (χ1) is 10.1. The van der Waals surface area contributed by atoms with Crippen molar-refractivity contribution >= 4 is 24.0 Å². The molecule has 1 amide bonds. The minimum atomic E-state index is -2.50. The van der Waals surface area contributed by atoms with Crippen molar-refractivity contribution < 1.29 is 18.3 Å². The van der Waals surface area contributed by atoms with Gasteiger partial charge in [-0.3, -0.25) is 4.79 Å². The second-order valence-electron chi connectivity index (χ2n) is 5.25. The molecular weight excluding hydrogens is 314 g/mol. The van der Waals surface area contributed by atoms with Crippen LogP contribution in [-0.4, -0.2) is 25.5 Å². The van der Waals surface area contributed by atoms with E-state index in [1.165, 1.54) is 0 Å². The second kappa shape index (κ2) is 8.90. The van der Waals surface area contributed by atoms with Gasteiger partial charge in [-0.2, -0.15) is 0 Å². The number of rotatable bonds is 6. The lowest BCUT2D eigenvalue weighted by molar-refractivity contribution is -0.120. The van der Waals surface area contributed by atoms with E-state index < -0.39 is 13.0 Å². The molecule has 1 aromatic rings. The number of carbonyl (C=O) groups is 1. The Bertz CT molecular complexity index is 471. The van der Waals surface area contributed by atoms with Gasteiger partial charge in [0.25, 0.3) is 6.43 Å². The molecule has 1 aliphatic carbocycles. The lowest BCUT2D eigenvalue weighted by atomic mass is 9.95. The molecule has 0 spiro atoms. The van der Waals surface area contributed by atoms with Gasteiger partial charge in [0.05, 0.1) is 0 Å². The maximum absolute atomic E-state index is 12.2. The van der Waals surface area contributed by atoms with E-state index in [1.807, 2.05) is 0 Å². The van der Waals surface area contributed by atoms with Crippen molar-refractivity contribution in [1.29, 1.82) is 0 Å². The quantitative estimate of drug-likeness (QED) is 0.840. The molecule has 22 heavy (non-hydrogen) atoms. The molecule has 0 aliphatic heterocycles. The Hall–Kier alpha value is -1.40. The summed E-state index contributed by atoms with van der Waals surface area (Å²) in [6, 6.07) is 6.41. The first kappa shape index (κ1) is 18.6. The van der Waals surface area contributed by atoms with Crippen LogP contribution >= 0.6 is 12.4 Å². The highest BCUT2D eigenvalue weighted by Gasteiger charge is 2.31. The fraction of sp³-hybridized carbons (Fsp3) is 0.533. The van der Waals surface area contributed by atoms with E-state index in [9.17, 15) is 13.6 Å². The van der Waals surface area contributed by atoms with Crippen molar-refractivity contribution in [2.75, 3.05) is 18.5 Å². The van der Waals surface area contributed by atoms with Crippen LogP contribution in [0.4, 0.5) is 14.5 Å². The first-order valence-corrected chi connectivity index (χ1v) is 7.12. The highest BCUT2D eigenvalue weighted by Crippen LogP contribution is 2.32. The number of hydrogen-bond acceptors (Lipinski definition) is 3. The number of nitrogens with one attached hydrogen (secondary N) is 1. The first-order valence-electron chi connectivity index (χ1n) is 7.12. The van der Waals surface area contributed by atoms with Gasteiger partial charge in [0, 0.05) is 11.6 Å². The zero-order chi connectivity index (χ0) is 15.2. The van der Waals surface area contributed by atoms with E-state index in [0.717, 1.165) is 19.3 Å². The van der Waals surface area contributed by atoms with Gasteiger partial charge in [-0.1, -0.05) is 6.42 Å². The average molecular weight is 335 g/mol. The highest BCUT2D eigenvalue weighted by molar-refractivity contribution is 5.93. The van der Waals surface area contributed by atoms with Crippen molar-refractivity contribution in [2.45, 2.75) is 25.7 Å². The Morgan fingerprint density at radius 3 is 2.59 bits per heavy atom. The lowest BCUT2D eigenvalue weighted by Crippen LogP contribution is -2.29. The summed E-state index contributed by atoms with van der Waals surface area (Å²) in [5, 5.41) is 2.84. The van der Waals surface area contributed by atoms with E-state index in [-0.39, 0.29) is 30.2 Å². The molecule has 2 rings (SSSR count). The van der Waals surface area contributed by atoms with Gasteiger partial charge in [-0.15, -0.1) is 12.4 Å². The molecule has 0 bridgehead atoms. The highest BCUT2D eigenvalue weighted by atomic mass is 35.5. The number of halogens is 3. The van der Waals surface area contributed by atoms with Crippen molar-refractivity contribution in [3.05, 3.63) is 24.3 Å². The van der Waals surface area contributed by atoms with Crippen LogP contribution in [0.5, 0.6) is 5.75 Å². The van der Waals surface area contributed by atoms with Gasteiger partial charge in [0.1, 0.15) is 12.4 Å². The number of amides is 1. The van der Waals surface area contributed by atoms with Gasteiger partial charge in [0.15, 0.2) is 0 Å². The normalized spacial score (nSPS) is 20.5. The summed E-state index contributed by atoms with van der Waals surface area (Å²) >= 11 is 0. The molecule has 0 saturated heterocycles. The molecule has 1 aromatic carbocycles. The fourth-order valence-corrected chi connectivity index (χ4v) is 2.69. The summed E-state index contributed by atoms with van der Waals surface area (Å²) in [5.74, 6) is 0.543. The summed E-state index contributed by atoms with van der Waals surface area (Å²) in [6.07, 6.45) is 0.387. The average Bonchev–Trinajstić information content (AvgIpc) is 2.95. The number of hydrogen-bond donors (Lipinski definition) is 2. The SMILES string of the molecule is Cl.NC[C@H]1CCC[C@H]1C(=O)Nc1ccc(OCC(F)F)cc1. The van der Waals surface area contributed by atoms with Gasteiger partial charge < -0.3 is 15.8 Å². The summed E-state index contributed by atoms with van der Waals surface area (Å²) in [6.45, 7) is -0.107. The van der Waals surface area contributed by atoms with Crippen molar-refractivity contribution in [1.82, 2.24) is 0 Å². The molecule has 2 atom stereocenters. The van der Waals surface area contributed by atoms with Crippen LogP contribution in [0.15, 0.2) is 24.3 Å². The second-order valence-corrected chi connectivity index (χ2v) is 5.25. The number of alkyl halides is 2. The Morgan fingerprint density at radius 1 is 1.32 bits per heavy atom. The monoisotopic (exact) mass is 334 g/mol. The maximum atomic E-state index is 12.2. The molecule has 0 unspecified atom stereocenters. The molecule has 0 radical (unpaired) electrons. The predicted molar refractivity (Wildman–Crippen MR) is 83.7 cm³/mol. The van der Waals surface area contributed by atoms with Crippen molar-refractivity contribution in [3.8, 4) is 5.75 Å². The van der Waals surface area contributed by atoms with Crippen molar-refractivity contribution in [2.24, 2.45) is 17.6 Å². The molecule has 1 fully saturated rings. The topological polar surface area (TPSA) is 64.4 Å². The molecule has 124 valence electrons. The third-order valence-corrected chi connectivity index (χ3v) is 3.80. The zero-order valence-corrected chi connectivity index (χ0v) is 13.0. The van der Waals surface area contributed by atoms with Crippen LogP contribution in [0.1, 0.15) is 19.3 Å². The Kier molecular flexibility index (Phi) is 7.55. The molecule has 3 N–H and O–H groups in total. The van der Waals surface area contributed by atoms with Crippen LogP contribution < -0.4 is 15.8 Å². The molecule has 4 nitrogen and oxygen atoms in total. The molecule has 0 heterocycles. The summed E-state index contributed by atoms with van der Waals surface area (Å²) in [5.41, 5.74) is 6.31. The van der Waals surface area contributed by atoms with Crippen molar-refractivity contribution in [3.63, 3.8) is 0 Å². The standard InChI is InChI=1S/C15H20F2N2O2.ClH/c16-14(17)9-21-12-6-4-11(5-7-12)19-15(20)13-3-1-2-10(13)8-18;/h4-7,10,13-14H,1-3,8-9,18H2,(H,19,20);1H/t10-,13-;/m1./s1. The summed E-state index contributed by atoms with van der Waals surface area (Å²) < 4.78 is 28.9. The number of nitrogens with two attached hydrogens (primary N) is 1. The number of ether oxygens (including phenoxy) is 1. The Labute approximate surface area is 134 Å². The Morgan fingerprint density at radius 2 is 2.00 bits per heavy atom. The number of benzene rings is 1. The largest absolute Gasteiger partial charge is 0.488 e. The van der Waals surface area contributed by atoms with Crippen LogP contribution in [0.3, 0.4) is 0 Å². The minimum Gasteiger partial charge on any atom is -0.488 e. The van der Waals surface area contributed by atoms with E-state index in [2.05, 4.69) is 5.32 Å². The zero-order valence-electron chi connectivity index (χ0n) is 12.1. The van der Waals surface area contributed by atoms with Gasteiger partial charge in [0.2, 0.25) is 5.91 Å². The van der Waals surface area contributed by atoms with Crippen LogP contribution in [0, 0.1) is 11.8 Å². The van der Waals surface area contributed by atoms with Crippen LogP contribution in [0.2, 0.25) is 0 Å². The molecule has 1 aliphatic rings. The van der Waals surface area contributed by atoms with Crippen LogP contribution in [0.25, 0.3) is 0 Å². The lowest BCUT2D eigenvalue weighted by Gasteiger charge is -2.17. The van der Waals surface area contributed by atoms with Gasteiger partial charge in [-0.05, 0) is 49.6 Å². The van der Waals surface area contributed by atoms with Gasteiger partial charge >= 0.3 is 0 Å². The predicted octanol–water partition coefficient (Wildman–Crippen LogP) is 3.07. The third kappa shape index (κ3) is 5.10. The minimum absolute atomic E-state index is 0.